The molecule has 0 radical (unpaired) electrons. The van der Waals surface area contributed by atoms with Crippen molar-refractivity contribution in [3.8, 4) is 11.4 Å². The highest BCUT2D eigenvalue weighted by Gasteiger charge is 2.24. The Kier molecular flexibility index (Phi) is 3.76. The number of halogens is 1. The fraction of sp³-hybridized carbons (Fsp3) is 0.333. The molecule has 0 saturated carbocycles. The largest absolute Gasteiger partial charge is 0.332 e. The van der Waals surface area contributed by atoms with E-state index in [9.17, 15) is 14.0 Å². The Morgan fingerprint density at radius 2 is 1.70 bits per heavy atom. The SMILES string of the molecule is CC(C)Cn1c2c(=O)n(C)c(=O)n(C)c2n2c(-c3ccc(F)cc3)nnc12. The highest BCUT2D eigenvalue weighted by atomic mass is 19.1. The van der Waals surface area contributed by atoms with Gasteiger partial charge in [-0.15, -0.1) is 10.2 Å². The summed E-state index contributed by atoms with van der Waals surface area (Å²) < 4.78 is 19.3. The van der Waals surface area contributed by atoms with Crippen LogP contribution in [0.5, 0.6) is 0 Å². The lowest BCUT2D eigenvalue weighted by atomic mass is 10.2. The zero-order valence-electron chi connectivity index (χ0n) is 15.5. The molecule has 4 aromatic rings. The smallest absolute Gasteiger partial charge is 0.302 e. The highest BCUT2D eigenvalue weighted by molar-refractivity contribution is 5.79. The van der Waals surface area contributed by atoms with Crippen LogP contribution in [-0.2, 0) is 20.6 Å². The molecule has 0 spiro atoms. The Bertz CT molecular complexity index is 1290. The van der Waals surface area contributed by atoms with E-state index in [0.29, 0.717) is 34.9 Å². The van der Waals surface area contributed by atoms with Gasteiger partial charge in [-0.05, 0) is 30.2 Å². The average Bonchev–Trinajstić information content (AvgIpc) is 3.18. The molecular formula is C18H19FN6O2. The van der Waals surface area contributed by atoms with Crippen LogP contribution >= 0.6 is 0 Å². The van der Waals surface area contributed by atoms with Crippen molar-refractivity contribution in [2.45, 2.75) is 20.4 Å². The molecule has 3 aromatic heterocycles. The molecule has 0 amide bonds. The van der Waals surface area contributed by atoms with Crippen LogP contribution in [0.3, 0.4) is 0 Å². The molecule has 0 atom stereocenters. The normalized spacial score (nSPS) is 11.9. The van der Waals surface area contributed by atoms with Crippen molar-refractivity contribution in [1.82, 2.24) is 28.3 Å². The van der Waals surface area contributed by atoms with E-state index in [1.54, 1.807) is 28.1 Å². The van der Waals surface area contributed by atoms with Crippen LogP contribution in [0.1, 0.15) is 13.8 Å². The van der Waals surface area contributed by atoms with Gasteiger partial charge >= 0.3 is 5.69 Å². The molecule has 1 aromatic carbocycles. The van der Waals surface area contributed by atoms with Crippen LogP contribution in [-0.4, -0.2) is 28.3 Å². The highest BCUT2D eigenvalue weighted by Crippen LogP contribution is 2.25. The third-order valence-corrected chi connectivity index (χ3v) is 4.63. The molecule has 0 bridgehead atoms. The minimum absolute atomic E-state index is 0.248. The molecule has 9 heteroatoms. The summed E-state index contributed by atoms with van der Waals surface area (Å²) in [5.74, 6) is 0.803. The first-order valence-corrected chi connectivity index (χ1v) is 8.60. The second kappa shape index (κ2) is 5.90. The van der Waals surface area contributed by atoms with E-state index in [1.165, 1.54) is 23.7 Å². The third-order valence-electron chi connectivity index (χ3n) is 4.63. The Hall–Kier alpha value is -3.23. The number of rotatable bonds is 3. The van der Waals surface area contributed by atoms with Crippen LogP contribution in [0.25, 0.3) is 28.3 Å². The first kappa shape index (κ1) is 17.2. The number of hydrogen-bond donors (Lipinski definition) is 0. The van der Waals surface area contributed by atoms with Gasteiger partial charge in [0.05, 0.1) is 0 Å². The van der Waals surface area contributed by atoms with Gasteiger partial charge in [-0.25, -0.2) is 13.6 Å². The Morgan fingerprint density at radius 3 is 2.33 bits per heavy atom. The molecule has 0 aliphatic rings. The molecule has 4 rings (SSSR count). The molecule has 140 valence electrons. The zero-order valence-corrected chi connectivity index (χ0v) is 15.5. The molecule has 0 fully saturated rings. The van der Waals surface area contributed by atoms with E-state index >= 15 is 0 Å². The van der Waals surface area contributed by atoms with Crippen molar-refractivity contribution in [2.24, 2.45) is 20.0 Å². The van der Waals surface area contributed by atoms with Crippen LogP contribution in [0.2, 0.25) is 0 Å². The van der Waals surface area contributed by atoms with Crippen LogP contribution in [0.15, 0.2) is 33.9 Å². The monoisotopic (exact) mass is 370 g/mol. The molecule has 3 heterocycles. The standard InChI is InChI=1S/C18H19FN6O2/c1-10(2)9-24-13-15(22(3)18(27)23(4)16(13)26)25-14(20-21-17(24)25)11-5-7-12(19)8-6-11/h5-8,10H,9H2,1-4H3. The average molecular weight is 370 g/mol. The summed E-state index contributed by atoms with van der Waals surface area (Å²) in [6.07, 6.45) is 0. The van der Waals surface area contributed by atoms with E-state index in [4.69, 9.17) is 0 Å². The zero-order chi connectivity index (χ0) is 19.5. The van der Waals surface area contributed by atoms with Gasteiger partial charge in [-0.3, -0.25) is 13.9 Å². The van der Waals surface area contributed by atoms with Gasteiger partial charge in [0.25, 0.3) is 5.56 Å². The van der Waals surface area contributed by atoms with Crippen molar-refractivity contribution >= 4 is 16.9 Å². The van der Waals surface area contributed by atoms with Crippen LogP contribution in [0.4, 0.5) is 4.39 Å². The fourth-order valence-corrected chi connectivity index (χ4v) is 3.38. The Morgan fingerprint density at radius 1 is 1.04 bits per heavy atom. The summed E-state index contributed by atoms with van der Waals surface area (Å²) in [6, 6.07) is 5.86. The van der Waals surface area contributed by atoms with E-state index in [1.807, 2.05) is 13.8 Å². The summed E-state index contributed by atoms with van der Waals surface area (Å²) in [6.45, 7) is 4.61. The van der Waals surface area contributed by atoms with Crippen LogP contribution < -0.4 is 11.2 Å². The molecule has 8 nitrogen and oxygen atoms in total. The fourth-order valence-electron chi connectivity index (χ4n) is 3.38. The van der Waals surface area contributed by atoms with Crippen molar-refractivity contribution in [2.75, 3.05) is 0 Å². The minimum atomic E-state index is -0.435. The van der Waals surface area contributed by atoms with Gasteiger partial charge in [0.1, 0.15) is 5.82 Å². The van der Waals surface area contributed by atoms with E-state index in [0.717, 1.165) is 4.57 Å². The van der Waals surface area contributed by atoms with Gasteiger partial charge in [0, 0.05) is 26.2 Å². The lowest BCUT2D eigenvalue weighted by molar-refractivity contribution is 0.538. The molecule has 0 N–H and O–H groups in total. The second-order valence-electron chi connectivity index (χ2n) is 7.05. The number of aromatic nitrogens is 6. The van der Waals surface area contributed by atoms with Gasteiger partial charge in [0.2, 0.25) is 5.78 Å². The number of aryl methyl sites for hydroxylation is 1. The molecule has 0 aliphatic carbocycles. The number of imidazole rings is 1. The number of hydrogen-bond acceptors (Lipinski definition) is 4. The summed E-state index contributed by atoms with van der Waals surface area (Å²) >= 11 is 0. The first-order valence-electron chi connectivity index (χ1n) is 8.60. The molecular weight excluding hydrogens is 351 g/mol. The predicted molar refractivity (Wildman–Crippen MR) is 99.2 cm³/mol. The molecule has 0 saturated heterocycles. The molecule has 0 unspecified atom stereocenters. The topological polar surface area (TPSA) is 79.1 Å². The van der Waals surface area contributed by atoms with E-state index in [2.05, 4.69) is 10.2 Å². The number of nitrogens with zero attached hydrogens (tertiary/aromatic N) is 6. The van der Waals surface area contributed by atoms with E-state index < -0.39 is 5.69 Å². The third kappa shape index (κ3) is 2.42. The first-order chi connectivity index (χ1) is 12.8. The summed E-state index contributed by atoms with van der Waals surface area (Å²) in [5.41, 5.74) is 0.629. The lowest BCUT2D eigenvalue weighted by Crippen LogP contribution is -2.38. The predicted octanol–water partition coefficient (Wildman–Crippen LogP) is 1.54. The van der Waals surface area contributed by atoms with Crippen molar-refractivity contribution < 1.29 is 4.39 Å². The van der Waals surface area contributed by atoms with Crippen molar-refractivity contribution in [1.29, 1.82) is 0 Å². The number of benzene rings is 1. The van der Waals surface area contributed by atoms with E-state index in [-0.39, 0.29) is 17.3 Å². The van der Waals surface area contributed by atoms with Crippen LogP contribution in [0, 0.1) is 11.7 Å². The van der Waals surface area contributed by atoms with Gasteiger partial charge in [-0.1, -0.05) is 13.8 Å². The number of fused-ring (bicyclic) bond motifs is 3. The molecule has 0 aliphatic heterocycles. The maximum atomic E-state index is 13.3. The van der Waals surface area contributed by atoms with Gasteiger partial charge in [-0.2, -0.15) is 0 Å². The summed E-state index contributed by atoms with van der Waals surface area (Å²) in [4.78, 5) is 25.4. The lowest BCUT2D eigenvalue weighted by Gasteiger charge is -2.09. The Balaban J connectivity index is 2.21. The Labute approximate surface area is 153 Å². The van der Waals surface area contributed by atoms with Gasteiger partial charge < -0.3 is 4.57 Å². The maximum absolute atomic E-state index is 13.3. The summed E-state index contributed by atoms with van der Waals surface area (Å²) in [5, 5.41) is 8.51. The maximum Gasteiger partial charge on any atom is 0.332 e. The minimum Gasteiger partial charge on any atom is -0.302 e. The quantitative estimate of drug-likeness (QED) is 0.548. The van der Waals surface area contributed by atoms with Crippen molar-refractivity contribution in [3.63, 3.8) is 0 Å². The van der Waals surface area contributed by atoms with Crippen molar-refractivity contribution in [3.05, 3.63) is 50.9 Å². The summed E-state index contributed by atoms with van der Waals surface area (Å²) in [7, 11) is 3.07. The van der Waals surface area contributed by atoms with Gasteiger partial charge in [0.15, 0.2) is 17.0 Å². The molecule has 27 heavy (non-hydrogen) atoms. The second-order valence-corrected chi connectivity index (χ2v) is 7.05.